The molecule has 0 saturated heterocycles. The Morgan fingerprint density at radius 2 is 0.738 bits per heavy atom. The molecular formula is C64H77N3O13. The molecule has 0 saturated carbocycles. The number of rotatable bonds is 39. The summed E-state index contributed by atoms with van der Waals surface area (Å²) in [5.41, 5.74) is 2.48. The Balaban J connectivity index is 1.03. The molecule has 5 aromatic carbocycles. The monoisotopic (exact) mass is 1100 g/mol. The van der Waals surface area contributed by atoms with Gasteiger partial charge in [-0.25, -0.2) is 24.0 Å². The Morgan fingerprint density at radius 1 is 0.388 bits per heavy atom. The Hall–Kier alpha value is -8.27. The molecule has 5 rings (SSSR count). The first-order valence-electron chi connectivity index (χ1n) is 27.7. The molecule has 426 valence electrons. The van der Waals surface area contributed by atoms with Crippen molar-refractivity contribution in [3.05, 3.63) is 157 Å². The van der Waals surface area contributed by atoms with Crippen molar-refractivity contribution in [2.45, 2.75) is 109 Å². The Bertz CT molecular complexity index is 2710. The van der Waals surface area contributed by atoms with Crippen molar-refractivity contribution in [3.8, 4) is 28.7 Å². The number of nitrogens with zero attached hydrogens (tertiary/aromatic N) is 3. The third-order valence-electron chi connectivity index (χ3n) is 12.5. The van der Waals surface area contributed by atoms with Gasteiger partial charge in [0, 0.05) is 31.9 Å². The van der Waals surface area contributed by atoms with Gasteiger partial charge < -0.3 is 42.8 Å². The van der Waals surface area contributed by atoms with Gasteiger partial charge in [0.05, 0.1) is 67.7 Å². The zero-order chi connectivity index (χ0) is 57.0. The topological polar surface area (TPSA) is 187 Å². The summed E-state index contributed by atoms with van der Waals surface area (Å²) in [5, 5.41) is 8.67. The molecular weight excluding hydrogens is 1020 g/mol. The number of anilines is 1. The second kappa shape index (κ2) is 36.8. The molecule has 0 spiro atoms. The third kappa shape index (κ3) is 24.6. The lowest BCUT2D eigenvalue weighted by Gasteiger charge is -2.12. The highest BCUT2D eigenvalue weighted by Crippen LogP contribution is 2.26. The minimum Gasteiger partial charge on any atom is -0.494 e. The minimum absolute atomic E-state index is 0.0334. The van der Waals surface area contributed by atoms with Gasteiger partial charge in [0.15, 0.2) is 0 Å². The highest BCUT2D eigenvalue weighted by molar-refractivity contribution is 6.06. The van der Waals surface area contributed by atoms with Crippen LogP contribution >= 0.6 is 0 Å². The Morgan fingerprint density at radius 3 is 1.15 bits per heavy atom. The summed E-state index contributed by atoms with van der Waals surface area (Å²) in [6.07, 6.45) is 18.0. The number of carbonyl (C=O) groups is 5. The number of esters is 5. The molecule has 80 heavy (non-hydrogen) atoms. The summed E-state index contributed by atoms with van der Waals surface area (Å²) >= 11 is 0. The van der Waals surface area contributed by atoms with Crippen molar-refractivity contribution in [2.75, 3.05) is 58.6 Å². The van der Waals surface area contributed by atoms with Crippen molar-refractivity contribution >= 4 is 46.9 Å². The van der Waals surface area contributed by atoms with Gasteiger partial charge in [0.2, 0.25) is 0 Å². The lowest BCUT2D eigenvalue weighted by Crippen LogP contribution is -2.18. The van der Waals surface area contributed by atoms with E-state index >= 15 is 0 Å². The average molecular weight is 1100 g/mol. The number of hydrogen-bond donors (Lipinski definition) is 0. The van der Waals surface area contributed by atoms with Crippen LogP contribution in [-0.4, -0.2) is 83.6 Å². The lowest BCUT2D eigenvalue weighted by molar-refractivity contribution is -0.138. The third-order valence-corrected chi connectivity index (χ3v) is 12.5. The van der Waals surface area contributed by atoms with Gasteiger partial charge in [-0.05, 0) is 179 Å². The Kier molecular flexibility index (Phi) is 28.7. The first kappa shape index (κ1) is 62.6. The molecule has 0 bridgehead atoms. The van der Waals surface area contributed by atoms with Crippen molar-refractivity contribution in [3.63, 3.8) is 0 Å². The number of carbonyl (C=O) groups excluding carboxylic acids is 5. The summed E-state index contributed by atoms with van der Waals surface area (Å²) in [6, 6.07) is 32.7. The Labute approximate surface area is 471 Å². The van der Waals surface area contributed by atoms with Gasteiger partial charge >= 0.3 is 29.8 Å². The summed E-state index contributed by atoms with van der Waals surface area (Å²) < 4.78 is 44.6. The molecule has 0 aliphatic heterocycles. The van der Waals surface area contributed by atoms with Crippen LogP contribution in [0.25, 0.3) is 0 Å². The molecule has 0 radical (unpaired) electrons. The highest BCUT2D eigenvalue weighted by Gasteiger charge is 2.23. The summed E-state index contributed by atoms with van der Waals surface area (Å²) in [7, 11) is 4.00. The summed E-state index contributed by atoms with van der Waals surface area (Å²) in [6.45, 7) is 9.23. The summed E-state index contributed by atoms with van der Waals surface area (Å²) in [4.78, 5) is 65.2. The standard InChI is InChI=1S/C64H77N3O13/c1-5-60(68)76-45-21-16-14-19-43-74-54-33-37-56(38-34-54)79-62(70)49-24-41-58(64(72)80-57-39-35-55(36-40-57)75-44-20-15-17-22-46-77-61(69)6-2)59(48-49)63(71)78-47-23-13-11-9-7-8-10-12-18-42-73-53-31-27-51(28-32-53)66-65-50-25-29-52(30-26-50)67(3)4/h5-6,24-41,48H,1-2,7-23,42-47H2,3-4H3. The van der Waals surface area contributed by atoms with E-state index in [4.69, 9.17) is 37.9 Å². The van der Waals surface area contributed by atoms with E-state index in [2.05, 4.69) is 23.4 Å². The van der Waals surface area contributed by atoms with E-state index < -0.39 is 29.8 Å². The van der Waals surface area contributed by atoms with Crippen LogP contribution in [0.5, 0.6) is 28.7 Å². The smallest absolute Gasteiger partial charge is 0.344 e. The van der Waals surface area contributed by atoms with E-state index in [9.17, 15) is 24.0 Å². The molecule has 0 aliphatic carbocycles. The molecule has 0 heterocycles. The van der Waals surface area contributed by atoms with Crippen LogP contribution in [0.2, 0.25) is 0 Å². The zero-order valence-electron chi connectivity index (χ0n) is 46.5. The molecule has 16 heteroatoms. The first-order valence-corrected chi connectivity index (χ1v) is 27.7. The number of azo groups is 1. The molecule has 0 aromatic heterocycles. The van der Waals surface area contributed by atoms with E-state index in [1.807, 2.05) is 67.5 Å². The van der Waals surface area contributed by atoms with Crippen molar-refractivity contribution in [1.82, 2.24) is 0 Å². The normalized spacial score (nSPS) is 10.8. The second-order valence-corrected chi connectivity index (χ2v) is 19.0. The van der Waals surface area contributed by atoms with Gasteiger partial charge in [-0.15, -0.1) is 0 Å². The number of ether oxygens (including phenoxy) is 8. The molecule has 5 aromatic rings. The number of hydrogen-bond acceptors (Lipinski definition) is 16. The molecule has 0 aliphatic rings. The van der Waals surface area contributed by atoms with Crippen LogP contribution < -0.4 is 28.6 Å². The van der Waals surface area contributed by atoms with E-state index in [1.54, 1.807) is 48.5 Å². The maximum Gasteiger partial charge on any atom is 0.344 e. The second-order valence-electron chi connectivity index (χ2n) is 19.0. The largest absolute Gasteiger partial charge is 0.494 e. The van der Waals surface area contributed by atoms with Gasteiger partial charge in [0.1, 0.15) is 28.7 Å². The molecule has 0 fully saturated rings. The van der Waals surface area contributed by atoms with Crippen molar-refractivity contribution in [1.29, 1.82) is 0 Å². The van der Waals surface area contributed by atoms with E-state index in [0.717, 1.165) is 138 Å². The van der Waals surface area contributed by atoms with Crippen LogP contribution in [0.1, 0.15) is 140 Å². The minimum atomic E-state index is -0.811. The van der Waals surface area contributed by atoms with E-state index in [1.165, 1.54) is 18.2 Å². The SMILES string of the molecule is C=CC(=O)OCCCCCCOc1ccc(OC(=O)c2ccc(C(=O)Oc3ccc(OCCCCCCOC(=O)C=C)cc3)c(C(=O)OCCCCCCCCCCCOc3ccc(N=Nc4ccc(N(C)C)cc4)cc3)c2)cc1. The predicted octanol–water partition coefficient (Wildman–Crippen LogP) is 14.7. The number of benzene rings is 5. The molecule has 0 amide bonds. The van der Waals surface area contributed by atoms with Gasteiger partial charge in [-0.3, -0.25) is 0 Å². The quantitative estimate of drug-likeness (QED) is 0.00903. The average Bonchev–Trinajstić information content (AvgIpc) is 3.48. The van der Waals surface area contributed by atoms with Crippen molar-refractivity contribution in [2.24, 2.45) is 10.2 Å². The molecule has 0 atom stereocenters. The maximum absolute atomic E-state index is 13.7. The fourth-order valence-corrected chi connectivity index (χ4v) is 7.93. The van der Waals surface area contributed by atoms with Crippen LogP contribution in [-0.2, 0) is 23.8 Å². The van der Waals surface area contributed by atoms with Gasteiger partial charge in [-0.1, -0.05) is 58.1 Å². The van der Waals surface area contributed by atoms with Gasteiger partial charge in [-0.2, -0.15) is 10.2 Å². The maximum atomic E-state index is 13.7. The fraction of sp³-hybridized carbons (Fsp3) is 0.391. The number of unbranched alkanes of at least 4 members (excludes halogenated alkanes) is 14. The first-order chi connectivity index (χ1) is 39.0. The molecule has 16 nitrogen and oxygen atoms in total. The van der Waals surface area contributed by atoms with Crippen molar-refractivity contribution < 1.29 is 61.9 Å². The zero-order valence-corrected chi connectivity index (χ0v) is 46.5. The summed E-state index contributed by atoms with van der Waals surface area (Å²) in [5.74, 6) is -0.688. The fourth-order valence-electron chi connectivity index (χ4n) is 7.93. The molecule has 0 unspecified atom stereocenters. The van der Waals surface area contributed by atoms with Gasteiger partial charge in [0.25, 0.3) is 0 Å². The van der Waals surface area contributed by atoms with Crippen LogP contribution in [0.4, 0.5) is 17.1 Å². The van der Waals surface area contributed by atoms with E-state index in [0.29, 0.717) is 51.0 Å². The van der Waals surface area contributed by atoms with Crippen LogP contribution in [0, 0.1) is 0 Å². The van der Waals surface area contributed by atoms with Crippen LogP contribution in [0.3, 0.4) is 0 Å². The van der Waals surface area contributed by atoms with E-state index in [-0.39, 0.29) is 34.8 Å². The van der Waals surface area contributed by atoms with Crippen LogP contribution in [0.15, 0.2) is 151 Å². The highest BCUT2D eigenvalue weighted by atomic mass is 16.6. The lowest BCUT2D eigenvalue weighted by atomic mass is 10.0. The molecule has 0 N–H and O–H groups in total. The predicted molar refractivity (Wildman–Crippen MR) is 308 cm³/mol.